The number of rotatable bonds is 3. The highest BCUT2D eigenvalue weighted by atomic mass is 32.1. The molecular weight excluding hydrogens is 366 g/mol. The number of carbonyl (C=O) groups is 1. The lowest BCUT2D eigenvalue weighted by molar-refractivity contribution is -0.132. The third kappa shape index (κ3) is 3.18. The van der Waals surface area contributed by atoms with Crippen LogP contribution in [0.4, 0.5) is 0 Å². The smallest absolute Gasteiger partial charge is 0.263 e. The summed E-state index contributed by atoms with van der Waals surface area (Å²) < 4.78 is 0. The lowest BCUT2D eigenvalue weighted by atomic mass is 9.60. The van der Waals surface area contributed by atoms with Gasteiger partial charge in [-0.15, -0.1) is 11.3 Å². The van der Waals surface area contributed by atoms with Crippen molar-refractivity contribution in [3.8, 4) is 0 Å². The maximum Gasteiger partial charge on any atom is 0.263 e. The zero-order chi connectivity index (χ0) is 19.0. The summed E-state index contributed by atoms with van der Waals surface area (Å²) in [4.78, 5) is 22.6. The van der Waals surface area contributed by atoms with Crippen molar-refractivity contribution in [2.24, 2.45) is 5.41 Å². The Morgan fingerprint density at radius 3 is 2.50 bits per heavy atom. The molecule has 4 nitrogen and oxygen atoms in total. The van der Waals surface area contributed by atoms with Crippen molar-refractivity contribution in [2.45, 2.75) is 57.0 Å². The molecule has 5 heteroatoms. The fraction of sp³-hybridized carbons (Fsp3) is 0.565. The average Bonchev–Trinajstić information content (AvgIpc) is 3.28. The highest BCUT2D eigenvalue weighted by molar-refractivity contribution is 7.12. The van der Waals surface area contributed by atoms with Crippen molar-refractivity contribution < 1.29 is 4.79 Å². The topological polar surface area (TPSA) is 36.4 Å². The van der Waals surface area contributed by atoms with Gasteiger partial charge in [0, 0.05) is 49.5 Å². The zero-order valence-electron chi connectivity index (χ0n) is 16.4. The van der Waals surface area contributed by atoms with E-state index in [4.69, 9.17) is 0 Å². The lowest BCUT2D eigenvalue weighted by Crippen LogP contribution is -2.63. The molecule has 1 saturated carbocycles. The van der Waals surface area contributed by atoms with Gasteiger partial charge in [0.05, 0.1) is 4.88 Å². The number of pyridine rings is 1. The Bertz CT molecular complexity index is 793. The zero-order valence-corrected chi connectivity index (χ0v) is 17.2. The first-order chi connectivity index (χ1) is 13.8. The molecule has 2 aromatic heterocycles. The standard InChI is InChI=1S/C23H29N3OS/c27-22(20-5-4-16-28-20)25-14-8-19(9-15-25)26-17-23(10-2-1-3-11-23)21(26)18-6-12-24-13-7-18/h4-7,12-13,16,19,21H,1-3,8-11,14-15,17H2. The van der Waals surface area contributed by atoms with Crippen LogP contribution in [0.3, 0.4) is 0 Å². The summed E-state index contributed by atoms with van der Waals surface area (Å²) in [5.74, 6) is 0.214. The van der Waals surface area contributed by atoms with Crippen molar-refractivity contribution in [2.75, 3.05) is 19.6 Å². The summed E-state index contributed by atoms with van der Waals surface area (Å²) >= 11 is 1.55. The number of amides is 1. The van der Waals surface area contributed by atoms with Crippen LogP contribution in [0.5, 0.6) is 0 Å². The minimum Gasteiger partial charge on any atom is -0.338 e. The molecule has 4 heterocycles. The van der Waals surface area contributed by atoms with Gasteiger partial charge in [-0.25, -0.2) is 0 Å². The first kappa shape index (κ1) is 18.3. The Hall–Kier alpha value is -1.72. The minimum absolute atomic E-state index is 0.214. The Labute approximate surface area is 171 Å². The van der Waals surface area contributed by atoms with Crippen LogP contribution < -0.4 is 0 Å². The van der Waals surface area contributed by atoms with E-state index in [0.29, 0.717) is 17.5 Å². The van der Waals surface area contributed by atoms with Gasteiger partial charge in [-0.2, -0.15) is 0 Å². The van der Waals surface area contributed by atoms with Crippen LogP contribution in [-0.2, 0) is 0 Å². The molecule has 1 spiro atoms. The number of nitrogens with zero attached hydrogens (tertiary/aromatic N) is 3. The summed E-state index contributed by atoms with van der Waals surface area (Å²) in [6.07, 6.45) is 13.0. The second-order valence-corrected chi connectivity index (χ2v) is 9.73. The molecule has 2 aliphatic heterocycles. The van der Waals surface area contributed by atoms with Gasteiger partial charge in [0.2, 0.25) is 0 Å². The summed E-state index contributed by atoms with van der Waals surface area (Å²) in [5.41, 5.74) is 1.92. The van der Waals surface area contributed by atoms with Crippen molar-refractivity contribution in [3.05, 3.63) is 52.5 Å². The molecule has 28 heavy (non-hydrogen) atoms. The minimum atomic E-state index is 0.214. The number of aromatic nitrogens is 1. The van der Waals surface area contributed by atoms with E-state index in [9.17, 15) is 4.79 Å². The molecule has 1 unspecified atom stereocenters. The summed E-state index contributed by atoms with van der Waals surface area (Å²) in [6.45, 7) is 3.01. The SMILES string of the molecule is O=C(c1cccs1)N1CCC(N2CC3(CCCCC3)C2c2ccncc2)CC1. The van der Waals surface area contributed by atoms with Crippen LogP contribution in [0.2, 0.25) is 0 Å². The molecule has 3 aliphatic rings. The molecule has 2 aromatic rings. The Morgan fingerprint density at radius 1 is 1.07 bits per heavy atom. The van der Waals surface area contributed by atoms with Crippen LogP contribution in [0, 0.1) is 5.41 Å². The van der Waals surface area contributed by atoms with Gasteiger partial charge in [0.15, 0.2) is 0 Å². The van der Waals surface area contributed by atoms with Crippen LogP contribution in [0.1, 0.15) is 66.2 Å². The second-order valence-electron chi connectivity index (χ2n) is 8.78. The lowest BCUT2D eigenvalue weighted by Gasteiger charge is -2.63. The number of carbonyl (C=O) groups excluding carboxylic acids is 1. The van der Waals surface area contributed by atoms with Gasteiger partial charge in [-0.05, 0) is 54.8 Å². The van der Waals surface area contributed by atoms with E-state index in [1.54, 1.807) is 11.3 Å². The Balaban J connectivity index is 1.29. The summed E-state index contributed by atoms with van der Waals surface area (Å²) in [7, 11) is 0. The molecule has 2 saturated heterocycles. The van der Waals surface area contributed by atoms with E-state index in [1.165, 1.54) is 44.2 Å². The van der Waals surface area contributed by atoms with Crippen molar-refractivity contribution >= 4 is 17.2 Å². The van der Waals surface area contributed by atoms with Gasteiger partial charge in [0.25, 0.3) is 5.91 Å². The van der Waals surface area contributed by atoms with Crippen molar-refractivity contribution in [1.82, 2.24) is 14.8 Å². The van der Waals surface area contributed by atoms with E-state index < -0.39 is 0 Å². The Morgan fingerprint density at radius 2 is 1.82 bits per heavy atom. The van der Waals surface area contributed by atoms with Gasteiger partial charge >= 0.3 is 0 Å². The highest BCUT2D eigenvalue weighted by Gasteiger charge is 2.55. The molecule has 0 bridgehead atoms. The second kappa shape index (κ2) is 7.60. The molecule has 148 valence electrons. The number of piperidine rings is 1. The highest BCUT2D eigenvalue weighted by Crippen LogP contribution is 2.58. The quantitative estimate of drug-likeness (QED) is 0.752. The largest absolute Gasteiger partial charge is 0.338 e. The van der Waals surface area contributed by atoms with E-state index >= 15 is 0 Å². The molecule has 1 atom stereocenters. The summed E-state index contributed by atoms with van der Waals surface area (Å²) in [5, 5.41) is 1.99. The fourth-order valence-corrected chi connectivity index (χ4v) is 6.55. The molecule has 0 N–H and O–H groups in total. The van der Waals surface area contributed by atoms with E-state index in [2.05, 4.69) is 26.9 Å². The van der Waals surface area contributed by atoms with Crippen LogP contribution in [0.15, 0.2) is 42.0 Å². The average molecular weight is 396 g/mol. The van der Waals surface area contributed by atoms with Gasteiger partial charge in [-0.1, -0.05) is 25.3 Å². The molecule has 1 aliphatic carbocycles. The number of thiophene rings is 1. The molecule has 3 fully saturated rings. The maximum absolute atomic E-state index is 12.7. The third-order valence-electron chi connectivity index (χ3n) is 7.23. The monoisotopic (exact) mass is 395 g/mol. The number of likely N-dealkylation sites (tertiary alicyclic amines) is 2. The van der Waals surface area contributed by atoms with Crippen molar-refractivity contribution in [3.63, 3.8) is 0 Å². The van der Waals surface area contributed by atoms with Crippen LogP contribution >= 0.6 is 11.3 Å². The summed E-state index contributed by atoms with van der Waals surface area (Å²) in [6, 6.07) is 9.50. The maximum atomic E-state index is 12.7. The van der Waals surface area contributed by atoms with Crippen LogP contribution in [0.25, 0.3) is 0 Å². The van der Waals surface area contributed by atoms with E-state index in [1.807, 2.05) is 29.9 Å². The fourth-order valence-electron chi connectivity index (χ4n) is 5.86. The molecular formula is C23H29N3OS. The van der Waals surface area contributed by atoms with Crippen LogP contribution in [-0.4, -0.2) is 46.4 Å². The van der Waals surface area contributed by atoms with Gasteiger partial charge < -0.3 is 4.90 Å². The molecule has 0 radical (unpaired) electrons. The molecule has 1 amide bonds. The number of hydrogen-bond acceptors (Lipinski definition) is 4. The van der Waals surface area contributed by atoms with E-state index in [0.717, 1.165) is 30.8 Å². The van der Waals surface area contributed by atoms with Gasteiger partial charge in [-0.3, -0.25) is 14.7 Å². The number of hydrogen-bond donors (Lipinski definition) is 0. The first-order valence-electron chi connectivity index (χ1n) is 10.8. The molecule has 0 aromatic carbocycles. The van der Waals surface area contributed by atoms with E-state index in [-0.39, 0.29) is 5.91 Å². The predicted octanol–water partition coefficient (Wildman–Crippen LogP) is 4.76. The normalized spacial score (nSPS) is 25.6. The predicted molar refractivity (Wildman–Crippen MR) is 112 cm³/mol. The van der Waals surface area contributed by atoms with Gasteiger partial charge in [0.1, 0.15) is 0 Å². The first-order valence-corrected chi connectivity index (χ1v) is 11.6. The third-order valence-corrected chi connectivity index (χ3v) is 8.09. The van der Waals surface area contributed by atoms with Crippen molar-refractivity contribution in [1.29, 1.82) is 0 Å². The Kier molecular flexibility index (Phi) is 4.97. The molecule has 5 rings (SSSR count).